The topological polar surface area (TPSA) is 21.3 Å². The van der Waals surface area contributed by atoms with E-state index >= 15 is 0 Å². The maximum absolute atomic E-state index is 5.52. The Hall–Kier alpha value is -0.0800. The highest BCUT2D eigenvalue weighted by Gasteiger charge is 2.18. The van der Waals surface area contributed by atoms with Crippen molar-refractivity contribution in [2.24, 2.45) is 0 Å². The van der Waals surface area contributed by atoms with Crippen LogP contribution in [0.2, 0.25) is 0 Å². The molecule has 1 aliphatic heterocycles. The summed E-state index contributed by atoms with van der Waals surface area (Å²) in [5.74, 6) is 0. The Balaban J connectivity index is 2.21. The standard InChI is InChI=1S/C9H19NO/c1-3-11-8(2)9-6-4-5-7-10-9/h8-10H,3-7H2,1-2H3. The molecule has 0 aromatic rings. The third-order valence-corrected chi connectivity index (χ3v) is 2.34. The molecule has 1 aliphatic rings. The first-order valence-electron chi connectivity index (χ1n) is 4.69. The summed E-state index contributed by atoms with van der Waals surface area (Å²) in [4.78, 5) is 0. The van der Waals surface area contributed by atoms with Crippen molar-refractivity contribution in [3.8, 4) is 0 Å². The van der Waals surface area contributed by atoms with Crippen molar-refractivity contribution in [1.29, 1.82) is 0 Å². The predicted molar refractivity (Wildman–Crippen MR) is 46.7 cm³/mol. The number of piperidine rings is 1. The molecule has 66 valence electrons. The summed E-state index contributed by atoms with van der Waals surface area (Å²) >= 11 is 0. The maximum atomic E-state index is 5.52. The van der Waals surface area contributed by atoms with E-state index in [4.69, 9.17) is 4.74 Å². The largest absolute Gasteiger partial charge is 0.377 e. The van der Waals surface area contributed by atoms with Crippen LogP contribution in [0.1, 0.15) is 33.1 Å². The van der Waals surface area contributed by atoms with E-state index in [-0.39, 0.29) is 0 Å². The fourth-order valence-corrected chi connectivity index (χ4v) is 1.66. The summed E-state index contributed by atoms with van der Waals surface area (Å²) in [6, 6.07) is 0.601. The monoisotopic (exact) mass is 157 g/mol. The molecule has 2 nitrogen and oxygen atoms in total. The van der Waals surface area contributed by atoms with Crippen LogP contribution in [0.4, 0.5) is 0 Å². The lowest BCUT2D eigenvalue weighted by molar-refractivity contribution is 0.0402. The average molecular weight is 157 g/mol. The molecule has 0 aromatic heterocycles. The molecule has 11 heavy (non-hydrogen) atoms. The number of hydrogen-bond donors (Lipinski definition) is 1. The van der Waals surface area contributed by atoms with E-state index < -0.39 is 0 Å². The maximum Gasteiger partial charge on any atom is 0.0699 e. The lowest BCUT2D eigenvalue weighted by Crippen LogP contribution is -2.42. The molecule has 1 saturated heterocycles. The molecule has 0 spiro atoms. The lowest BCUT2D eigenvalue weighted by Gasteiger charge is -2.28. The molecule has 2 atom stereocenters. The zero-order chi connectivity index (χ0) is 8.10. The predicted octanol–water partition coefficient (Wildman–Crippen LogP) is 1.55. The van der Waals surface area contributed by atoms with E-state index in [1.807, 2.05) is 0 Å². The number of rotatable bonds is 3. The second kappa shape index (κ2) is 4.73. The van der Waals surface area contributed by atoms with E-state index in [1.165, 1.54) is 25.8 Å². The molecule has 0 amide bonds. The van der Waals surface area contributed by atoms with Crippen molar-refractivity contribution in [2.45, 2.75) is 45.3 Å². The highest BCUT2D eigenvalue weighted by Crippen LogP contribution is 2.12. The van der Waals surface area contributed by atoms with E-state index in [0.29, 0.717) is 12.1 Å². The Kier molecular flexibility index (Phi) is 3.87. The van der Waals surface area contributed by atoms with Crippen LogP contribution in [-0.2, 0) is 4.74 Å². The fourth-order valence-electron chi connectivity index (χ4n) is 1.66. The summed E-state index contributed by atoms with van der Waals surface area (Å²) in [6.45, 7) is 6.22. The van der Waals surface area contributed by atoms with Crippen molar-refractivity contribution in [1.82, 2.24) is 5.32 Å². The van der Waals surface area contributed by atoms with Gasteiger partial charge in [-0.1, -0.05) is 6.42 Å². The smallest absolute Gasteiger partial charge is 0.0699 e. The van der Waals surface area contributed by atoms with Crippen LogP contribution in [0.15, 0.2) is 0 Å². The van der Waals surface area contributed by atoms with Crippen LogP contribution in [0.25, 0.3) is 0 Å². The molecule has 0 aliphatic carbocycles. The molecule has 2 heteroatoms. The Morgan fingerprint density at radius 2 is 2.36 bits per heavy atom. The van der Waals surface area contributed by atoms with Crippen molar-refractivity contribution < 1.29 is 4.74 Å². The van der Waals surface area contributed by atoms with Gasteiger partial charge < -0.3 is 10.1 Å². The molecular weight excluding hydrogens is 138 g/mol. The number of hydrogen-bond acceptors (Lipinski definition) is 2. The van der Waals surface area contributed by atoms with Gasteiger partial charge in [0.15, 0.2) is 0 Å². The van der Waals surface area contributed by atoms with Gasteiger partial charge in [0.1, 0.15) is 0 Å². The summed E-state index contributed by atoms with van der Waals surface area (Å²) in [5.41, 5.74) is 0. The Morgan fingerprint density at radius 3 is 2.91 bits per heavy atom. The highest BCUT2D eigenvalue weighted by molar-refractivity contribution is 4.77. The molecule has 0 saturated carbocycles. The van der Waals surface area contributed by atoms with Gasteiger partial charge in [0.05, 0.1) is 6.10 Å². The zero-order valence-corrected chi connectivity index (χ0v) is 7.60. The van der Waals surface area contributed by atoms with Gasteiger partial charge in [-0.05, 0) is 33.2 Å². The van der Waals surface area contributed by atoms with Gasteiger partial charge in [-0.3, -0.25) is 0 Å². The molecule has 1 rings (SSSR count). The minimum Gasteiger partial charge on any atom is -0.377 e. The first kappa shape index (κ1) is 9.01. The van der Waals surface area contributed by atoms with Gasteiger partial charge in [-0.25, -0.2) is 0 Å². The van der Waals surface area contributed by atoms with Crippen molar-refractivity contribution in [3.05, 3.63) is 0 Å². The second-order valence-corrected chi connectivity index (χ2v) is 3.22. The number of ether oxygens (including phenoxy) is 1. The summed E-state index contributed by atoms with van der Waals surface area (Å²) in [7, 11) is 0. The van der Waals surface area contributed by atoms with Gasteiger partial charge in [-0.2, -0.15) is 0 Å². The van der Waals surface area contributed by atoms with Crippen LogP contribution < -0.4 is 5.32 Å². The summed E-state index contributed by atoms with van der Waals surface area (Å²) in [6.07, 6.45) is 4.35. The van der Waals surface area contributed by atoms with Gasteiger partial charge >= 0.3 is 0 Å². The summed E-state index contributed by atoms with van der Waals surface area (Å²) < 4.78 is 5.52. The van der Waals surface area contributed by atoms with Gasteiger partial charge in [0, 0.05) is 12.6 Å². The van der Waals surface area contributed by atoms with Crippen LogP contribution in [0, 0.1) is 0 Å². The van der Waals surface area contributed by atoms with Gasteiger partial charge in [0.25, 0.3) is 0 Å². The van der Waals surface area contributed by atoms with E-state index in [1.54, 1.807) is 0 Å². The van der Waals surface area contributed by atoms with Crippen molar-refractivity contribution >= 4 is 0 Å². The molecule has 0 aromatic carbocycles. The van der Waals surface area contributed by atoms with Crippen LogP contribution in [0.3, 0.4) is 0 Å². The lowest BCUT2D eigenvalue weighted by atomic mass is 10.0. The fraction of sp³-hybridized carbons (Fsp3) is 1.00. The third-order valence-electron chi connectivity index (χ3n) is 2.34. The van der Waals surface area contributed by atoms with E-state index in [0.717, 1.165) is 6.61 Å². The van der Waals surface area contributed by atoms with Gasteiger partial charge in [-0.15, -0.1) is 0 Å². The van der Waals surface area contributed by atoms with Crippen LogP contribution in [-0.4, -0.2) is 25.3 Å². The zero-order valence-electron chi connectivity index (χ0n) is 7.60. The number of nitrogens with one attached hydrogen (secondary N) is 1. The third kappa shape index (κ3) is 2.80. The molecule has 1 fully saturated rings. The normalized spacial score (nSPS) is 28.4. The van der Waals surface area contributed by atoms with Crippen molar-refractivity contribution in [3.63, 3.8) is 0 Å². The van der Waals surface area contributed by atoms with Crippen LogP contribution in [0.5, 0.6) is 0 Å². The molecule has 2 unspecified atom stereocenters. The first-order chi connectivity index (χ1) is 5.34. The molecule has 1 N–H and O–H groups in total. The average Bonchev–Trinajstić information content (AvgIpc) is 2.07. The van der Waals surface area contributed by atoms with Gasteiger partial charge in [0.2, 0.25) is 0 Å². The Morgan fingerprint density at radius 1 is 1.55 bits per heavy atom. The molecule has 0 radical (unpaired) electrons. The molecular formula is C9H19NO. The quantitative estimate of drug-likeness (QED) is 0.671. The minimum absolute atomic E-state index is 0.389. The highest BCUT2D eigenvalue weighted by atomic mass is 16.5. The van der Waals surface area contributed by atoms with Crippen molar-refractivity contribution in [2.75, 3.05) is 13.2 Å². The van der Waals surface area contributed by atoms with Crippen LogP contribution >= 0.6 is 0 Å². The first-order valence-corrected chi connectivity index (χ1v) is 4.69. The Bertz CT molecular complexity index is 99.7. The van der Waals surface area contributed by atoms with E-state index in [9.17, 15) is 0 Å². The minimum atomic E-state index is 0.389. The molecule has 0 bridgehead atoms. The molecule has 1 heterocycles. The van der Waals surface area contributed by atoms with E-state index in [2.05, 4.69) is 19.2 Å². The second-order valence-electron chi connectivity index (χ2n) is 3.22. The SMILES string of the molecule is CCOC(C)C1CCCCN1. The summed E-state index contributed by atoms with van der Waals surface area (Å²) in [5, 5.41) is 3.48. The Labute approximate surface area is 69.3 Å².